The van der Waals surface area contributed by atoms with Crippen molar-refractivity contribution in [2.75, 3.05) is 13.2 Å². The number of benzene rings is 1. The Balaban J connectivity index is 2.63. The molecule has 0 radical (unpaired) electrons. The molecule has 1 aromatic rings. The molecule has 0 aliphatic heterocycles. The van der Waals surface area contributed by atoms with Crippen LogP contribution in [0.5, 0.6) is 11.5 Å². The first-order valence-corrected chi connectivity index (χ1v) is 5.43. The highest BCUT2D eigenvalue weighted by Gasteiger charge is 2.02. The van der Waals surface area contributed by atoms with Crippen LogP contribution in [-0.2, 0) is 6.54 Å². The van der Waals surface area contributed by atoms with Gasteiger partial charge in [0.1, 0.15) is 11.5 Å². The number of phenolic OH excluding ortho intramolecular Hbond substituents is 1. The monoisotopic (exact) mass is 209 g/mol. The molecule has 84 valence electrons. The van der Waals surface area contributed by atoms with Gasteiger partial charge in [0.05, 0.1) is 6.61 Å². The molecule has 0 bridgehead atoms. The van der Waals surface area contributed by atoms with E-state index in [2.05, 4.69) is 12.2 Å². The third-order valence-corrected chi connectivity index (χ3v) is 2.10. The van der Waals surface area contributed by atoms with Crippen molar-refractivity contribution in [3.8, 4) is 11.5 Å². The Morgan fingerprint density at radius 3 is 2.80 bits per heavy atom. The van der Waals surface area contributed by atoms with E-state index < -0.39 is 0 Å². The van der Waals surface area contributed by atoms with Gasteiger partial charge in [0.15, 0.2) is 0 Å². The highest BCUT2D eigenvalue weighted by Crippen LogP contribution is 2.22. The number of hydrogen-bond donors (Lipinski definition) is 2. The number of nitrogens with one attached hydrogen (secondary N) is 1. The molecule has 0 fully saturated rings. The van der Waals surface area contributed by atoms with Crippen molar-refractivity contribution in [2.45, 2.75) is 26.8 Å². The number of phenols is 1. The second-order valence-corrected chi connectivity index (χ2v) is 3.40. The Hall–Kier alpha value is -1.22. The maximum absolute atomic E-state index is 9.61. The van der Waals surface area contributed by atoms with E-state index >= 15 is 0 Å². The Kier molecular flexibility index (Phi) is 4.98. The van der Waals surface area contributed by atoms with E-state index in [1.807, 2.05) is 13.0 Å². The smallest absolute Gasteiger partial charge is 0.120 e. The van der Waals surface area contributed by atoms with Gasteiger partial charge in [-0.25, -0.2) is 0 Å². The first-order chi connectivity index (χ1) is 7.27. The van der Waals surface area contributed by atoms with Crippen LogP contribution < -0.4 is 10.1 Å². The van der Waals surface area contributed by atoms with Crippen LogP contribution in [0.15, 0.2) is 18.2 Å². The zero-order valence-electron chi connectivity index (χ0n) is 9.42. The van der Waals surface area contributed by atoms with Crippen molar-refractivity contribution in [3.63, 3.8) is 0 Å². The fourth-order valence-electron chi connectivity index (χ4n) is 1.36. The molecule has 0 unspecified atom stereocenters. The molecule has 0 aliphatic carbocycles. The van der Waals surface area contributed by atoms with Crippen LogP contribution in [0, 0.1) is 0 Å². The van der Waals surface area contributed by atoms with Gasteiger partial charge in [-0.05, 0) is 38.1 Å². The van der Waals surface area contributed by atoms with Crippen LogP contribution in [-0.4, -0.2) is 18.3 Å². The summed E-state index contributed by atoms with van der Waals surface area (Å²) in [7, 11) is 0. The maximum Gasteiger partial charge on any atom is 0.120 e. The lowest BCUT2D eigenvalue weighted by Gasteiger charge is -2.09. The topological polar surface area (TPSA) is 41.5 Å². The summed E-state index contributed by atoms with van der Waals surface area (Å²) in [6, 6.07) is 5.33. The van der Waals surface area contributed by atoms with E-state index in [1.165, 1.54) is 0 Å². The molecule has 0 heterocycles. The van der Waals surface area contributed by atoms with Gasteiger partial charge >= 0.3 is 0 Å². The Morgan fingerprint density at radius 1 is 1.33 bits per heavy atom. The SMILES string of the molecule is CCCNCc1cc(OCC)ccc1O. The highest BCUT2D eigenvalue weighted by molar-refractivity contribution is 5.39. The summed E-state index contributed by atoms with van der Waals surface area (Å²) in [5.41, 5.74) is 0.884. The first-order valence-electron chi connectivity index (χ1n) is 5.43. The number of rotatable bonds is 6. The molecule has 0 amide bonds. The van der Waals surface area contributed by atoms with Crippen molar-refractivity contribution >= 4 is 0 Å². The molecule has 3 nitrogen and oxygen atoms in total. The fourth-order valence-corrected chi connectivity index (χ4v) is 1.36. The van der Waals surface area contributed by atoms with Gasteiger partial charge in [-0.3, -0.25) is 0 Å². The van der Waals surface area contributed by atoms with Gasteiger partial charge in [0.2, 0.25) is 0 Å². The summed E-state index contributed by atoms with van der Waals surface area (Å²) in [4.78, 5) is 0. The van der Waals surface area contributed by atoms with E-state index in [0.717, 1.165) is 24.3 Å². The van der Waals surface area contributed by atoms with Crippen molar-refractivity contribution in [2.24, 2.45) is 0 Å². The predicted molar refractivity (Wildman–Crippen MR) is 61.3 cm³/mol. The quantitative estimate of drug-likeness (QED) is 0.706. The molecule has 0 aliphatic rings. The number of aromatic hydroxyl groups is 1. The minimum atomic E-state index is 0.321. The second-order valence-electron chi connectivity index (χ2n) is 3.40. The summed E-state index contributed by atoms with van der Waals surface area (Å²) in [6.45, 7) is 6.34. The lowest BCUT2D eigenvalue weighted by molar-refractivity contribution is 0.338. The molecule has 2 N–H and O–H groups in total. The molecule has 1 aromatic carbocycles. The normalized spacial score (nSPS) is 10.3. The van der Waals surface area contributed by atoms with Gasteiger partial charge in [-0.2, -0.15) is 0 Å². The lowest BCUT2D eigenvalue weighted by atomic mass is 10.2. The van der Waals surface area contributed by atoms with E-state index in [0.29, 0.717) is 18.9 Å². The molecule has 15 heavy (non-hydrogen) atoms. The third-order valence-electron chi connectivity index (χ3n) is 2.10. The van der Waals surface area contributed by atoms with Crippen molar-refractivity contribution < 1.29 is 9.84 Å². The Morgan fingerprint density at radius 2 is 2.13 bits per heavy atom. The predicted octanol–water partition coefficient (Wildman–Crippen LogP) is 2.29. The number of hydrogen-bond acceptors (Lipinski definition) is 3. The average Bonchev–Trinajstić information content (AvgIpc) is 2.23. The summed E-state index contributed by atoms with van der Waals surface area (Å²) >= 11 is 0. The lowest BCUT2D eigenvalue weighted by Crippen LogP contribution is -2.13. The van der Waals surface area contributed by atoms with Gasteiger partial charge in [-0.1, -0.05) is 6.92 Å². The second kappa shape index (κ2) is 6.30. The molecule has 0 aromatic heterocycles. The van der Waals surface area contributed by atoms with Gasteiger partial charge in [0.25, 0.3) is 0 Å². The largest absolute Gasteiger partial charge is 0.508 e. The van der Waals surface area contributed by atoms with Crippen LogP contribution in [0.1, 0.15) is 25.8 Å². The molecule has 0 atom stereocenters. The number of ether oxygens (including phenoxy) is 1. The third kappa shape index (κ3) is 3.80. The molecule has 0 spiro atoms. The highest BCUT2D eigenvalue weighted by atomic mass is 16.5. The van der Waals surface area contributed by atoms with Gasteiger partial charge in [-0.15, -0.1) is 0 Å². The van der Waals surface area contributed by atoms with Crippen molar-refractivity contribution in [3.05, 3.63) is 23.8 Å². The Labute approximate surface area is 91.1 Å². The van der Waals surface area contributed by atoms with Crippen LogP contribution >= 0.6 is 0 Å². The summed E-state index contributed by atoms with van der Waals surface area (Å²) in [6.07, 6.45) is 1.09. The molecule has 0 saturated carbocycles. The van der Waals surface area contributed by atoms with E-state index in [-0.39, 0.29) is 0 Å². The maximum atomic E-state index is 9.61. The van der Waals surface area contributed by atoms with E-state index in [4.69, 9.17) is 4.74 Å². The summed E-state index contributed by atoms with van der Waals surface area (Å²) in [5, 5.41) is 12.9. The first kappa shape index (κ1) is 11.9. The van der Waals surface area contributed by atoms with E-state index in [1.54, 1.807) is 12.1 Å². The standard InChI is InChI=1S/C12H19NO2/c1-3-7-13-9-10-8-11(15-4-2)5-6-12(10)14/h5-6,8,13-14H,3-4,7,9H2,1-2H3. The van der Waals surface area contributed by atoms with Crippen LogP contribution in [0.3, 0.4) is 0 Å². The molecule has 1 rings (SSSR count). The van der Waals surface area contributed by atoms with Crippen LogP contribution in [0.2, 0.25) is 0 Å². The average molecular weight is 209 g/mol. The minimum Gasteiger partial charge on any atom is -0.508 e. The van der Waals surface area contributed by atoms with Crippen LogP contribution in [0.25, 0.3) is 0 Å². The van der Waals surface area contributed by atoms with Crippen LogP contribution in [0.4, 0.5) is 0 Å². The minimum absolute atomic E-state index is 0.321. The fraction of sp³-hybridized carbons (Fsp3) is 0.500. The molecular formula is C12H19NO2. The summed E-state index contributed by atoms with van der Waals surface area (Å²) in [5.74, 6) is 1.13. The van der Waals surface area contributed by atoms with Gasteiger partial charge in [0, 0.05) is 12.1 Å². The van der Waals surface area contributed by atoms with Crippen molar-refractivity contribution in [1.82, 2.24) is 5.32 Å². The van der Waals surface area contributed by atoms with Crippen molar-refractivity contribution in [1.29, 1.82) is 0 Å². The Bertz CT molecular complexity index is 300. The van der Waals surface area contributed by atoms with Gasteiger partial charge < -0.3 is 15.2 Å². The van der Waals surface area contributed by atoms with E-state index in [9.17, 15) is 5.11 Å². The zero-order valence-corrected chi connectivity index (χ0v) is 9.42. The molecule has 3 heteroatoms. The zero-order chi connectivity index (χ0) is 11.1. The molecular weight excluding hydrogens is 190 g/mol. The summed E-state index contributed by atoms with van der Waals surface area (Å²) < 4.78 is 5.37. The molecule has 0 saturated heterocycles.